The van der Waals surface area contributed by atoms with Crippen molar-refractivity contribution < 1.29 is 9.53 Å². The van der Waals surface area contributed by atoms with E-state index in [2.05, 4.69) is 0 Å². The molecule has 35 heavy (non-hydrogen) atoms. The van der Waals surface area contributed by atoms with Crippen molar-refractivity contribution in [1.82, 2.24) is 0 Å². The minimum Gasteiger partial charge on any atom is -0.493 e. The van der Waals surface area contributed by atoms with Crippen LogP contribution < -0.4 is 10.5 Å². The second kappa shape index (κ2) is 21.4. The van der Waals surface area contributed by atoms with Crippen molar-refractivity contribution in [1.29, 1.82) is 0 Å². The van der Waals surface area contributed by atoms with E-state index in [4.69, 9.17) is 10.5 Å². The molecule has 4 heteroatoms. The fourth-order valence-corrected chi connectivity index (χ4v) is 4.43. The number of halogens is 1. The van der Waals surface area contributed by atoms with E-state index in [1.807, 2.05) is 54.6 Å². The molecule has 2 aromatic carbocycles. The summed E-state index contributed by atoms with van der Waals surface area (Å²) in [6.45, 7) is 1.52. The number of hydrogen-bond donors (Lipinski definition) is 1. The summed E-state index contributed by atoms with van der Waals surface area (Å²) in [7, 11) is 0. The van der Waals surface area contributed by atoms with Crippen LogP contribution >= 0.6 is 12.4 Å². The molecule has 0 aromatic heterocycles. The lowest BCUT2D eigenvalue weighted by Crippen LogP contribution is -2.06. The zero-order chi connectivity index (χ0) is 24.1. The first-order valence-electron chi connectivity index (χ1n) is 13.8. The molecule has 0 spiro atoms. The second-order valence-corrected chi connectivity index (χ2v) is 9.49. The highest BCUT2D eigenvalue weighted by Gasteiger charge is 2.13. The highest BCUT2D eigenvalue weighted by atomic mass is 35.5. The summed E-state index contributed by atoms with van der Waals surface area (Å²) in [5.41, 5.74) is 6.88. The molecule has 0 saturated carbocycles. The van der Waals surface area contributed by atoms with E-state index in [0.717, 1.165) is 13.0 Å². The number of carbonyl (C=O) groups excluding carboxylic acids is 1. The minimum absolute atomic E-state index is 0. The summed E-state index contributed by atoms with van der Waals surface area (Å²) in [6, 6.07) is 17.0. The molecular formula is C31H48ClNO2. The van der Waals surface area contributed by atoms with Gasteiger partial charge >= 0.3 is 0 Å². The van der Waals surface area contributed by atoms with Crippen molar-refractivity contribution in [3.63, 3.8) is 0 Å². The van der Waals surface area contributed by atoms with Crippen molar-refractivity contribution in [2.24, 2.45) is 5.73 Å². The van der Waals surface area contributed by atoms with Gasteiger partial charge in [0.1, 0.15) is 5.75 Å². The van der Waals surface area contributed by atoms with Crippen molar-refractivity contribution in [3.05, 3.63) is 65.7 Å². The molecule has 196 valence electrons. The Morgan fingerprint density at radius 3 is 1.51 bits per heavy atom. The predicted octanol–water partition coefficient (Wildman–Crippen LogP) is 8.92. The molecule has 0 amide bonds. The first-order chi connectivity index (χ1) is 16.8. The Balaban J connectivity index is 0.00000612. The Kier molecular flexibility index (Phi) is 19.1. The predicted molar refractivity (Wildman–Crippen MR) is 152 cm³/mol. The van der Waals surface area contributed by atoms with Crippen molar-refractivity contribution >= 4 is 18.2 Å². The van der Waals surface area contributed by atoms with Gasteiger partial charge in [-0.2, -0.15) is 0 Å². The van der Waals surface area contributed by atoms with E-state index in [-0.39, 0.29) is 18.2 Å². The summed E-state index contributed by atoms with van der Waals surface area (Å²) in [5.74, 6) is 0.720. The maximum Gasteiger partial charge on any atom is 0.196 e. The molecule has 0 aliphatic heterocycles. The number of ketones is 1. The molecular weight excluding hydrogens is 454 g/mol. The molecule has 2 rings (SSSR count). The molecule has 0 heterocycles. The van der Waals surface area contributed by atoms with Gasteiger partial charge in [-0.1, -0.05) is 132 Å². The third kappa shape index (κ3) is 14.3. The molecule has 0 aliphatic rings. The number of nitrogens with two attached hydrogens (primary N) is 1. The highest BCUT2D eigenvalue weighted by molar-refractivity contribution is 6.10. The zero-order valence-corrected chi connectivity index (χ0v) is 22.5. The van der Waals surface area contributed by atoms with Gasteiger partial charge in [0, 0.05) is 5.56 Å². The molecule has 2 aromatic rings. The van der Waals surface area contributed by atoms with Gasteiger partial charge < -0.3 is 10.5 Å². The van der Waals surface area contributed by atoms with Gasteiger partial charge in [0.15, 0.2) is 5.78 Å². The average molecular weight is 502 g/mol. The molecule has 0 saturated heterocycles. The van der Waals surface area contributed by atoms with Gasteiger partial charge in [-0.15, -0.1) is 12.4 Å². The maximum absolute atomic E-state index is 12.8. The van der Waals surface area contributed by atoms with Gasteiger partial charge in [0.05, 0.1) is 12.2 Å². The molecule has 2 N–H and O–H groups in total. The third-order valence-corrected chi connectivity index (χ3v) is 6.52. The Morgan fingerprint density at radius 2 is 1.00 bits per heavy atom. The summed E-state index contributed by atoms with van der Waals surface area (Å²) < 4.78 is 5.98. The number of carbonyl (C=O) groups is 1. The summed E-state index contributed by atoms with van der Waals surface area (Å²) in [4.78, 5) is 12.8. The van der Waals surface area contributed by atoms with Crippen LogP contribution in [0.25, 0.3) is 0 Å². The molecule has 0 atom stereocenters. The van der Waals surface area contributed by atoms with E-state index >= 15 is 0 Å². The lowest BCUT2D eigenvalue weighted by Gasteiger charge is -2.11. The zero-order valence-electron chi connectivity index (χ0n) is 21.7. The van der Waals surface area contributed by atoms with Crippen LogP contribution in [0.15, 0.2) is 54.6 Å². The van der Waals surface area contributed by atoms with E-state index in [9.17, 15) is 4.79 Å². The third-order valence-electron chi connectivity index (χ3n) is 6.52. The van der Waals surface area contributed by atoms with E-state index in [1.165, 1.54) is 96.3 Å². The number of para-hydroxylation sites is 1. The number of unbranched alkanes of at least 4 members (excludes halogenated alkanes) is 15. The highest BCUT2D eigenvalue weighted by Crippen LogP contribution is 2.22. The summed E-state index contributed by atoms with van der Waals surface area (Å²) >= 11 is 0. The van der Waals surface area contributed by atoms with Gasteiger partial charge in [0.2, 0.25) is 0 Å². The lowest BCUT2D eigenvalue weighted by molar-refractivity contribution is 0.103. The van der Waals surface area contributed by atoms with Crippen LogP contribution in [0.5, 0.6) is 5.75 Å². The number of benzene rings is 2. The van der Waals surface area contributed by atoms with Crippen molar-refractivity contribution in [2.45, 2.75) is 103 Å². The largest absolute Gasteiger partial charge is 0.493 e. The van der Waals surface area contributed by atoms with Crippen LogP contribution in [0, 0.1) is 0 Å². The number of ether oxygens (including phenoxy) is 1. The maximum atomic E-state index is 12.8. The summed E-state index contributed by atoms with van der Waals surface area (Å²) in [5, 5.41) is 0. The molecule has 3 nitrogen and oxygen atoms in total. The normalized spacial score (nSPS) is 10.7. The Labute approximate surface area is 220 Å². The molecule has 0 aliphatic carbocycles. The molecule has 0 unspecified atom stereocenters. The first kappa shape index (κ1) is 31.2. The molecule has 0 bridgehead atoms. The average Bonchev–Trinajstić information content (AvgIpc) is 2.88. The van der Waals surface area contributed by atoms with E-state index in [0.29, 0.717) is 23.5 Å². The molecule has 0 fully saturated rings. The van der Waals surface area contributed by atoms with Crippen molar-refractivity contribution in [3.8, 4) is 5.75 Å². The smallest absolute Gasteiger partial charge is 0.196 e. The Morgan fingerprint density at radius 1 is 0.571 bits per heavy atom. The van der Waals surface area contributed by atoms with E-state index in [1.54, 1.807) is 0 Å². The SMILES string of the molecule is Cl.NCCCCCCCCCCCCCCCCCCOc1ccccc1C(=O)c1ccccc1. The standard InChI is InChI=1S/C31H47NO2.ClH/c32-26-20-13-11-9-7-5-3-1-2-4-6-8-10-12-14-21-27-34-30-25-19-18-24-29(30)31(33)28-22-16-15-17-23-28;/h15-19,22-25H,1-14,20-21,26-27,32H2;1H. The Bertz CT molecular complexity index is 766. The topological polar surface area (TPSA) is 52.3 Å². The van der Waals surface area contributed by atoms with Gasteiger partial charge in [0.25, 0.3) is 0 Å². The van der Waals surface area contributed by atoms with Gasteiger partial charge in [-0.05, 0) is 31.5 Å². The van der Waals surface area contributed by atoms with Gasteiger partial charge in [-0.3, -0.25) is 4.79 Å². The minimum atomic E-state index is 0. The lowest BCUT2D eigenvalue weighted by atomic mass is 10.0. The Hall–Kier alpha value is -1.84. The fourth-order valence-electron chi connectivity index (χ4n) is 4.43. The van der Waals surface area contributed by atoms with Crippen LogP contribution in [-0.2, 0) is 0 Å². The quantitative estimate of drug-likeness (QED) is 0.137. The van der Waals surface area contributed by atoms with E-state index < -0.39 is 0 Å². The second-order valence-electron chi connectivity index (χ2n) is 9.49. The monoisotopic (exact) mass is 501 g/mol. The number of rotatable bonds is 21. The van der Waals surface area contributed by atoms with Crippen LogP contribution in [0.3, 0.4) is 0 Å². The van der Waals surface area contributed by atoms with Gasteiger partial charge in [-0.25, -0.2) is 0 Å². The van der Waals surface area contributed by atoms with Crippen LogP contribution in [0.4, 0.5) is 0 Å². The van der Waals surface area contributed by atoms with Crippen molar-refractivity contribution in [2.75, 3.05) is 13.2 Å². The molecule has 0 radical (unpaired) electrons. The fraction of sp³-hybridized carbons (Fsp3) is 0.581. The van der Waals surface area contributed by atoms with Crippen LogP contribution in [-0.4, -0.2) is 18.9 Å². The first-order valence-corrected chi connectivity index (χ1v) is 13.8. The number of hydrogen-bond acceptors (Lipinski definition) is 3. The van der Waals surface area contributed by atoms with Crippen LogP contribution in [0.2, 0.25) is 0 Å². The van der Waals surface area contributed by atoms with Crippen LogP contribution in [0.1, 0.15) is 119 Å². The summed E-state index contributed by atoms with van der Waals surface area (Å²) in [6.07, 6.45) is 21.3.